The Labute approximate surface area is 262 Å². The molecule has 2 bridgehead atoms. The van der Waals surface area contributed by atoms with Crippen molar-refractivity contribution in [1.82, 2.24) is 0 Å². The van der Waals surface area contributed by atoms with Gasteiger partial charge in [0.2, 0.25) is 5.60 Å². The zero-order chi connectivity index (χ0) is 32.0. The van der Waals surface area contributed by atoms with Crippen LogP contribution >= 0.6 is 11.8 Å². The number of esters is 1. The van der Waals surface area contributed by atoms with E-state index in [9.17, 15) is 18.0 Å². The summed E-state index contributed by atoms with van der Waals surface area (Å²) in [5.74, 6) is 0.744. The Hall–Kier alpha value is -2.12. The molecule has 244 valence electrons. The number of thioether (sulfide) groups is 1. The Morgan fingerprint density at radius 2 is 1.43 bits per heavy atom. The number of quaternary nitrogens is 1. The number of rotatable bonds is 10. The van der Waals surface area contributed by atoms with E-state index in [1.807, 2.05) is 60.7 Å². The molecule has 12 heteroatoms. The average Bonchev–Trinajstić information content (AvgIpc) is 3.54. The van der Waals surface area contributed by atoms with E-state index in [2.05, 4.69) is 13.8 Å². The first-order valence-electron chi connectivity index (χ1n) is 15.4. The first-order valence-corrected chi connectivity index (χ1v) is 17.8. The van der Waals surface area contributed by atoms with Gasteiger partial charge in [-0.1, -0.05) is 74.5 Å². The van der Waals surface area contributed by atoms with Crippen LogP contribution < -0.4 is 0 Å². The van der Waals surface area contributed by atoms with E-state index in [0.717, 1.165) is 42.6 Å². The fraction of sp³-hybridized carbons (Fsp3) is 0.594. The number of halogens is 3. The molecule has 3 atom stereocenters. The van der Waals surface area contributed by atoms with Gasteiger partial charge in [0.05, 0.1) is 25.2 Å². The zero-order valence-corrected chi connectivity index (χ0v) is 26.8. The molecule has 44 heavy (non-hydrogen) atoms. The highest BCUT2D eigenvalue weighted by Gasteiger charge is 2.57. The second-order valence-corrected chi connectivity index (χ2v) is 14.4. The maximum atomic E-state index is 14.4. The van der Waals surface area contributed by atoms with Crippen molar-refractivity contribution >= 4 is 27.8 Å². The maximum Gasteiger partial charge on any atom is 0.485 e. The van der Waals surface area contributed by atoms with Gasteiger partial charge >= 0.3 is 11.5 Å². The van der Waals surface area contributed by atoms with Gasteiger partial charge in [-0.2, -0.15) is 13.2 Å². The Bertz CT molecular complexity index is 1270. The first-order chi connectivity index (χ1) is 20.9. The molecular weight excluding hydrogens is 615 g/mol. The summed E-state index contributed by atoms with van der Waals surface area (Å²) in [5, 5.41) is 0. The Morgan fingerprint density at radius 3 is 1.84 bits per heavy atom. The molecule has 3 unspecified atom stereocenters. The SMILES string of the molecule is CCCSC(CC)OC(C(=O)OC1CC2CCC(C1)[N+]21CCCC1)(c1ccccc1)c1ccccc1.O=S(=O)([O-])C(F)(F)F. The van der Waals surface area contributed by atoms with E-state index in [-0.39, 0.29) is 17.5 Å². The molecule has 5 rings (SSSR count). The molecule has 1 spiro atoms. The summed E-state index contributed by atoms with van der Waals surface area (Å²) < 4.78 is 73.6. The van der Waals surface area contributed by atoms with Gasteiger partial charge in [-0.3, -0.25) is 0 Å². The van der Waals surface area contributed by atoms with Crippen molar-refractivity contribution in [3.63, 3.8) is 0 Å². The Morgan fingerprint density at radius 1 is 0.955 bits per heavy atom. The molecular formula is C32H42F3NO6S2. The number of piperidine rings is 1. The molecule has 0 aromatic heterocycles. The molecule has 3 aliphatic rings. The highest BCUT2D eigenvalue weighted by molar-refractivity contribution is 7.99. The van der Waals surface area contributed by atoms with Crippen LogP contribution in [0, 0.1) is 0 Å². The normalized spacial score (nSPS) is 23.5. The predicted octanol–water partition coefficient (Wildman–Crippen LogP) is 6.72. The highest BCUT2D eigenvalue weighted by atomic mass is 32.2. The van der Waals surface area contributed by atoms with Crippen LogP contribution in [0.25, 0.3) is 0 Å². The summed E-state index contributed by atoms with van der Waals surface area (Å²) in [7, 11) is -6.09. The van der Waals surface area contributed by atoms with Gasteiger partial charge in [-0.25, -0.2) is 13.2 Å². The summed E-state index contributed by atoms with van der Waals surface area (Å²) in [6, 6.07) is 21.3. The smallest absolute Gasteiger partial charge is 0.485 e. The van der Waals surface area contributed by atoms with Gasteiger partial charge in [-0.15, -0.1) is 11.8 Å². The van der Waals surface area contributed by atoms with Crippen LogP contribution in [0.15, 0.2) is 60.7 Å². The van der Waals surface area contributed by atoms with E-state index >= 15 is 0 Å². The Balaban J connectivity index is 0.000000488. The van der Waals surface area contributed by atoms with Crippen molar-refractivity contribution in [3.05, 3.63) is 71.8 Å². The van der Waals surface area contributed by atoms with E-state index in [1.54, 1.807) is 11.8 Å². The third kappa shape index (κ3) is 7.46. The Kier molecular flexibility index (Phi) is 11.5. The summed E-state index contributed by atoms with van der Waals surface area (Å²) in [4.78, 5) is 14.4. The number of hydrogen-bond acceptors (Lipinski definition) is 7. The van der Waals surface area contributed by atoms with Crippen molar-refractivity contribution < 1.29 is 44.9 Å². The first kappa shape index (κ1) is 34.7. The van der Waals surface area contributed by atoms with Crippen molar-refractivity contribution in [2.24, 2.45) is 0 Å². The summed E-state index contributed by atoms with van der Waals surface area (Å²) >= 11 is 1.79. The van der Waals surface area contributed by atoms with Crippen LogP contribution in [0.4, 0.5) is 13.2 Å². The second-order valence-electron chi connectivity index (χ2n) is 11.8. The van der Waals surface area contributed by atoms with Crippen molar-refractivity contribution in [1.29, 1.82) is 0 Å². The number of benzene rings is 2. The minimum absolute atomic E-state index is 0.0295. The maximum absolute atomic E-state index is 14.4. The molecule has 3 aliphatic heterocycles. The van der Waals surface area contributed by atoms with Gasteiger partial charge in [0, 0.05) is 38.5 Å². The highest BCUT2D eigenvalue weighted by Crippen LogP contribution is 2.47. The molecule has 0 N–H and O–H groups in total. The standard InChI is InChI=1S/C31H42NO3S.CHF3O3S/c1-3-21-36-29(4-2)35-31(24-13-7-5-8-14-24,25-15-9-6-10-16-25)30(33)34-28-22-26-17-18-27(23-28)32(26)19-11-12-20-32;2-1(3,4)8(5,6)7/h5-10,13-16,26-29H,3-4,11-12,17-23H2,1-2H3;(H,5,6,7)/q+1;/p-1. The number of carbonyl (C=O) groups excluding carboxylic acids is 1. The molecule has 2 aromatic rings. The zero-order valence-electron chi connectivity index (χ0n) is 25.2. The second kappa shape index (κ2) is 14.5. The number of ether oxygens (including phenoxy) is 2. The molecule has 0 amide bonds. The fourth-order valence-corrected chi connectivity index (χ4v) is 8.10. The fourth-order valence-electron chi connectivity index (χ4n) is 7.15. The van der Waals surface area contributed by atoms with Crippen molar-refractivity contribution in [2.45, 2.75) is 99.9 Å². The largest absolute Gasteiger partial charge is 0.741 e. The molecule has 0 saturated carbocycles. The average molecular weight is 658 g/mol. The van der Waals surface area contributed by atoms with Gasteiger partial charge in [0.15, 0.2) is 10.1 Å². The lowest BCUT2D eigenvalue weighted by Crippen LogP contribution is -2.60. The van der Waals surface area contributed by atoms with E-state index < -0.39 is 21.2 Å². The van der Waals surface area contributed by atoms with Gasteiger partial charge in [0.25, 0.3) is 0 Å². The minimum Gasteiger partial charge on any atom is -0.741 e. The molecule has 0 aliphatic carbocycles. The van der Waals surface area contributed by atoms with Crippen molar-refractivity contribution in [2.75, 3.05) is 18.8 Å². The van der Waals surface area contributed by atoms with Crippen LogP contribution in [0.3, 0.4) is 0 Å². The molecule has 3 fully saturated rings. The van der Waals surface area contributed by atoms with Crippen LogP contribution in [-0.4, -0.2) is 71.4 Å². The molecule has 7 nitrogen and oxygen atoms in total. The quantitative estimate of drug-likeness (QED) is 0.0921. The van der Waals surface area contributed by atoms with Gasteiger partial charge in [-0.05, 0) is 29.7 Å². The number of hydrogen-bond donors (Lipinski definition) is 0. The van der Waals surface area contributed by atoms with Gasteiger partial charge in [0.1, 0.15) is 11.5 Å². The summed E-state index contributed by atoms with van der Waals surface area (Å²) in [6.07, 6.45) is 9.11. The molecule has 3 heterocycles. The molecule has 0 radical (unpaired) electrons. The van der Waals surface area contributed by atoms with Crippen LogP contribution in [-0.2, 0) is 30.0 Å². The number of alkyl halides is 3. The summed E-state index contributed by atoms with van der Waals surface area (Å²) in [5.41, 5.74) is -5.33. The lowest BCUT2D eigenvalue weighted by molar-refractivity contribution is -0.956. The number of carbonyl (C=O) groups is 1. The molecule has 3 saturated heterocycles. The summed E-state index contributed by atoms with van der Waals surface area (Å²) in [6.45, 7) is 6.97. The number of nitrogens with zero attached hydrogens (tertiary/aromatic N) is 1. The van der Waals surface area contributed by atoms with E-state index in [0.29, 0.717) is 12.1 Å². The lowest BCUT2D eigenvalue weighted by atomic mass is 9.85. The minimum atomic E-state index is -6.09. The van der Waals surface area contributed by atoms with Gasteiger partial charge < -0.3 is 18.5 Å². The lowest BCUT2D eigenvalue weighted by Gasteiger charge is -2.47. The van der Waals surface area contributed by atoms with Crippen molar-refractivity contribution in [3.8, 4) is 0 Å². The van der Waals surface area contributed by atoms with E-state index in [4.69, 9.17) is 22.4 Å². The van der Waals surface area contributed by atoms with E-state index in [1.165, 1.54) is 43.3 Å². The topological polar surface area (TPSA) is 92.7 Å². The molecule has 2 aromatic carbocycles. The third-order valence-corrected chi connectivity index (χ3v) is 11.1. The monoisotopic (exact) mass is 657 g/mol. The van der Waals surface area contributed by atoms with Crippen LogP contribution in [0.2, 0.25) is 0 Å². The van der Waals surface area contributed by atoms with Crippen LogP contribution in [0.1, 0.15) is 76.3 Å². The third-order valence-electron chi connectivity index (χ3n) is 9.11. The van der Waals surface area contributed by atoms with Crippen LogP contribution in [0.5, 0.6) is 0 Å². The predicted molar refractivity (Wildman–Crippen MR) is 162 cm³/mol.